The highest BCUT2D eigenvalue weighted by atomic mass is 19.1. The molecule has 0 spiro atoms. The first-order valence-corrected chi connectivity index (χ1v) is 3.39. The monoisotopic (exact) mass is 164 g/mol. The molecule has 0 radical (unpaired) electrons. The molecule has 0 atom stereocenters. The zero-order valence-electron chi connectivity index (χ0n) is 6.04. The summed E-state index contributed by atoms with van der Waals surface area (Å²) in [6, 6.07) is 2.65. The second-order valence-corrected chi connectivity index (χ2v) is 2.38. The van der Waals surface area contributed by atoms with E-state index in [-0.39, 0.29) is 5.52 Å². The second kappa shape index (κ2) is 2.41. The predicted molar refractivity (Wildman–Crippen MR) is 41.4 cm³/mol. The van der Waals surface area contributed by atoms with Gasteiger partial charge in [-0.1, -0.05) is 0 Å². The number of carbonyl (C=O) groups excluding carboxylic acids is 1. The summed E-state index contributed by atoms with van der Waals surface area (Å²) in [5, 5.41) is 0. The Labute approximate surface area is 67.2 Å². The maximum absolute atomic E-state index is 12.9. The molecule has 2 rings (SSSR count). The lowest BCUT2D eigenvalue weighted by molar-refractivity contribution is 0.112. The molecule has 0 aliphatic carbocycles. The average Bonchev–Trinajstić information content (AvgIpc) is 2.54. The van der Waals surface area contributed by atoms with E-state index in [0.29, 0.717) is 17.4 Å². The fourth-order valence-corrected chi connectivity index (χ4v) is 1.12. The number of fused-ring (bicyclic) bond motifs is 1. The third-order valence-corrected chi connectivity index (χ3v) is 1.69. The lowest BCUT2D eigenvalue weighted by Crippen LogP contribution is -1.85. The fraction of sp³-hybridized carbons (Fsp3) is 0. The molecule has 0 saturated carbocycles. The van der Waals surface area contributed by atoms with E-state index >= 15 is 0 Å². The maximum Gasteiger partial charge on any atom is 0.152 e. The molecule has 4 heteroatoms. The van der Waals surface area contributed by atoms with Gasteiger partial charge in [0.1, 0.15) is 5.52 Å². The van der Waals surface area contributed by atoms with Crippen molar-refractivity contribution in [2.24, 2.45) is 0 Å². The van der Waals surface area contributed by atoms with Gasteiger partial charge in [0.2, 0.25) is 0 Å². The summed E-state index contributed by atoms with van der Waals surface area (Å²) >= 11 is 0. The van der Waals surface area contributed by atoms with Crippen molar-refractivity contribution in [1.29, 1.82) is 0 Å². The lowest BCUT2D eigenvalue weighted by Gasteiger charge is -1.93. The van der Waals surface area contributed by atoms with Gasteiger partial charge in [-0.2, -0.15) is 0 Å². The summed E-state index contributed by atoms with van der Waals surface area (Å²) in [4.78, 5) is 16.9. The van der Waals surface area contributed by atoms with Crippen molar-refractivity contribution in [2.45, 2.75) is 0 Å². The number of aldehydes is 1. The van der Waals surface area contributed by atoms with Gasteiger partial charge >= 0.3 is 0 Å². The van der Waals surface area contributed by atoms with Crippen LogP contribution >= 0.6 is 0 Å². The number of aromatic nitrogens is 2. The van der Waals surface area contributed by atoms with Crippen LogP contribution in [0.2, 0.25) is 0 Å². The molecular formula is C8H5FN2O. The van der Waals surface area contributed by atoms with E-state index in [4.69, 9.17) is 0 Å². The minimum Gasteiger partial charge on any atom is -0.344 e. The Bertz CT molecular complexity index is 436. The number of carbonyl (C=O) groups is 1. The van der Waals surface area contributed by atoms with Gasteiger partial charge in [-0.25, -0.2) is 9.37 Å². The topological polar surface area (TPSA) is 45.8 Å². The minimum atomic E-state index is -0.420. The molecule has 2 aromatic rings. The third kappa shape index (κ3) is 0.812. The summed E-state index contributed by atoms with van der Waals surface area (Å²) < 4.78 is 12.9. The smallest absolute Gasteiger partial charge is 0.152 e. The molecule has 0 bridgehead atoms. The Morgan fingerprint density at radius 3 is 3.08 bits per heavy atom. The average molecular weight is 164 g/mol. The van der Waals surface area contributed by atoms with Crippen molar-refractivity contribution in [3.8, 4) is 0 Å². The standard InChI is InChI=1S/C8H5FN2O/c9-6-2-1-5(3-12)7-8(6)11-4-10-7/h1-4H,(H,10,11). The first-order valence-electron chi connectivity index (χ1n) is 3.39. The molecule has 60 valence electrons. The molecular weight excluding hydrogens is 159 g/mol. The van der Waals surface area contributed by atoms with Gasteiger partial charge in [0, 0.05) is 5.56 Å². The summed E-state index contributed by atoms with van der Waals surface area (Å²) in [6.45, 7) is 0. The third-order valence-electron chi connectivity index (χ3n) is 1.69. The van der Waals surface area contributed by atoms with E-state index in [0.717, 1.165) is 0 Å². The van der Waals surface area contributed by atoms with Gasteiger partial charge in [0.25, 0.3) is 0 Å². The molecule has 0 unspecified atom stereocenters. The Hall–Kier alpha value is -1.71. The molecule has 0 saturated heterocycles. The summed E-state index contributed by atoms with van der Waals surface area (Å²) in [5.74, 6) is -0.420. The van der Waals surface area contributed by atoms with Crippen molar-refractivity contribution < 1.29 is 9.18 Å². The number of nitrogens with zero attached hydrogens (tertiary/aromatic N) is 1. The van der Waals surface area contributed by atoms with E-state index < -0.39 is 5.82 Å². The maximum atomic E-state index is 12.9. The number of benzene rings is 1. The van der Waals surface area contributed by atoms with E-state index in [1.807, 2.05) is 0 Å². The number of hydrogen-bond donors (Lipinski definition) is 1. The Morgan fingerprint density at radius 2 is 2.33 bits per heavy atom. The molecule has 1 aromatic carbocycles. The van der Waals surface area contributed by atoms with E-state index in [2.05, 4.69) is 9.97 Å². The van der Waals surface area contributed by atoms with E-state index in [1.54, 1.807) is 0 Å². The quantitative estimate of drug-likeness (QED) is 0.649. The molecule has 1 N–H and O–H groups in total. The number of aromatic amines is 1. The highest BCUT2D eigenvalue weighted by molar-refractivity contribution is 5.94. The van der Waals surface area contributed by atoms with Crippen LogP contribution in [0.15, 0.2) is 18.5 Å². The molecule has 1 aromatic heterocycles. The van der Waals surface area contributed by atoms with Crippen molar-refractivity contribution in [1.82, 2.24) is 9.97 Å². The minimum absolute atomic E-state index is 0.208. The number of H-pyrrole nitrogens is 1. The normalized spacial score (nSPS) is 10.4. The van der Waals surface area contributed by atoms with E-state index in [9.17, 15) is 9.18 Å². The van der Waals surface area contributed by atoms with Crippen LogP contribution in [-0.2, 0) is 0 Å². The number of imidazole rings is 1. The zero-order chi connectivity index (χ0) is 8.55. The zero-order valence-corrected chi connectivity index (χ0v) is 6.04. The Morgan fingerprint density at radius 1 is 1.50 bits per heavy atom. The predicted octanol–water partition coefficient (Wildman–Crippen LogP) is 1.51. The summed E-state index contributed by atoms with van der Waals surface area (Å²) in [5.41, 5.74) is 1.08. The second-order valence-electron chi connectivity index (χ2n) is 2.38. The highest BCUT2D eigenvalue weighted by Gasteiger charge is 2.06. The first-order chi connectivity index (χ1) is 5.83. The Kier molecular flexibility index (Phi) is 1.40. The summed E-state index contributed by atoms with van der Waals surface area (Å²) in [6.07, 6.45) is 2.03. The molecule has 3 nitrogen and oxygen atoms in total. The van der Waals surface area contributed by atoms with Crippen LogP contribution in [0.3, 0.4) is 0 Å². The summed E-state index contributed by atoms with van der Waals surface area (Å²) in [7, 11) is 0. The number of hydrogen-bond acceptors (Lipinski definition) is 2. The SMILES string of the molecule is O=Cc1ccc(F)c2nc[nH]c12. The lowest BCUT2D eigenvalue weighted by atomic mass is 10.2. The number of halogens is 1. The first kappa shape index (κ1) is 6.97. The van der Waals surface area contributed by atoms with Crippen molar-refractivity contribution >= 4 is 17.3 Å². The molecule has 12 heavy (non-hydrogen) atoms. The number of nitrogens with one attached hydrogen (secondary N) is 1. The van der Waals surface area contributed by atoms with Gasteiger partial charge < -0.3 is 4.98 Å². The van der Waals surface area contributed by atoms with Gasteiger partial charge in [-0.15, -0.1) is 0 Å². The molecule has 0 aliphatic rings. The largest absolute Gasteiger partial charge is 0.344 e. The number of rotatable bonds is 1. The highest BCUT2D eigenvalue weighted by Crippen LogP contribution is 2.16. The molecule has 0 amide bonds. The van der Waals surface area contributed by atoms with Crippen LogP contribution in [0.1, 0.15) is 10.4 Å². The van der Waals surface area contributed by atoms with Crippen molar-refractivity contribution in [3.05, 3.63) is 29.8 Å². The molecule has 1 heterocycles. The van der Waals surface area contributed by atoms with Gasteiger partial charge in [0.15, 0.2) is 12.1 Å². The van der Waals surface area contributed by atoms with Gasteiger partial charge in [-0.3, -0.25) is 4.79 Å². The van der Waals surface area contributed by atoms with Crippen LogP contribution in [0.4, 0.5) is 4.39 Å². The van der Waals surface area contributed by atoms with Crippen LogP contribution in [-0.4, -0.2) is 16.3 Å². The van der Waals surface area contributed by atoms with Gasteiger partial charge in [0.05, 0.1) is 11.8 Å². The van der Waals surface area contributed by atoms with Crippen LogP contribution < -0.4 is 0 Å². The van der Waals surface area contributed by atoms with E-state index in [1.165, 1.54) is 18.5 Å². The molecule has 0 aliphatic heterocycles. The van der Waals surface area contributed by atoms with Crippen molar-refractivity contribution in [3.63, 3.8) is 0 Å². The molecule has 0 fully saturated rings. The Balaban J connectivity index is 2.91. The van der Waals surface area contributed by atoms with Crippen molar-refractivity contribution in [2.75, 3.05) is 0 Å². The fourth-order valence-electron chi connectivity index (χ4n) is 1.12. The van der Waals surface area contributed by atoms with Gasteiger partial charge in [-0.05, 0) is 12.1 Å². The van der Waals surface area contributed by atoms with Crippen LogP contribution in [0.25, 0.3) is 11.0 Å². The van der Waals surface area contributed by atoms with Crippen LogP contribution in [0, 0.1) is 5.82 Å². The van der Waals surface area contributed by atoms with Crippen LogP contribution in [0.5, 0.6) is 0 Å².